The molecule has 1 aromatic carbocycles. The number of rotatable bonds is 6. The van der Waals surface area contributed by atoms with Crippen LogP contribution >= 0.6 is 11.8 Å². The van der Waals surface area contributed by atoms with E-state index >= 15 is 0 Å². The van der Waals surface area contributed by atoms with E-state index in [1.807, 2.05) is 12.1 Å². The molecule has 0 radical (unpaired) electrons. The van der Waals surface area contributed by atoms with E-state index in [1.54, 1.807) is 33.0 Å². The Kier molecular flexibility index (Phi) is 5.20. The molecule has 0 fully saturated rings. The van der Waals surface area contributed by atoms with Gasteiger partial charge in [0.15, 0.2) is 5.69 Å². The van der Waals surface area contributed by atoms with Crippen molar-refractivity contribution in [3.63, 3.8) is 0 Å². The highest BCUT2D eigenvalue weighted by Gasteiger charge is 2.21. The van der Waals surface area contributed by atoms with Crippen LogP contribution in [-0.4, -0.2) is 40.3 Å². The number of aromatic nitrogens is 2. The first-order valence-corrected chi connectivity index (χ1v) is 7.95. The lowest BCUT2D eigenvalue weighted by Crippen LogP contribution is -2.01. The maximum Gasteiger partial charge on any atom is 0.356 e. The number of thioether (sulfide) groups is 1. The predicted molar refractivity (Wildman–Crippen MR) is 89.7 cm³/mol. The molecule has 0 spiro atoms. The lowest BCUT2D eigenvalue weighted by molar-refractivity contribution is 0.0689. The number of hydrogen-bond donors (Lipinski definition) is 1. The van der Waals surface area contributed by atoms with Crippen molar-refractivity contribution in [1.29, 1.82) is 0 Å². The molecule has 0 aliphatic rings. The van der Waals surface area contributed by atoms with Crippen LogP contribution in [0.2, 0.25) is 0 Å². The number of benzene rings is 1. The third kappa shape index (κ3) is 3.61. The molecule has 0 aliphatic carbocycles. The molecule has 0 amide bonds. The van der Waals surface area contributed by atoms with Gasteiger partial charge >= 0.3 is 5.97 Å². The number of carbonyl (C=O) groups is 1. The van der Waals surface area contributed by atoms with Crippen LogP contribution in [-0.2, 0) is 7.05 Å². The molecule has 7 heteroatoms. The average molecular weight is 336 g/mol. The third-order valence-electron chi connectivity index (χ3n) is 3.21. The smallest absolute Gasteiger partial charge is 0.356 e. The second-order valence-corrected chi connectivity index (χ2v) is 6.86. The van der Waals surface area contributed by atoms with Crippen LogP contribution in [0.3, 0.4) is 0 Å². The van der Waals surface area contributed by atoms with Gasteiger partial charge in [0.1, 0.15) is 11.5 Å². The molecular formula is C16H20N2O4S. The Morgan fingerprint density at radius 3 is 2.17 bits per heavy atom. The van der Waals surface area contributed by atoms with Gasteiger partial charge < -0.3 is 14.6 Å². The molecule has 0 aliphatic heterocycles. The Morgan fingerprint density at radius 1 is 1.22 bits per heavy atom. The Labute approximate surface area is 139 Å². The van der Waals surface area contributed by atoms with Gasteiger partial charge in [0.2, 0.25) is 0 Å². The fourth-order valence-electron chi connectivity index (χ4n) is 2.29. The molecule has 0 bridgehead atoms. The van der Waals surface area contributed by atoms with Crippen molar-refractivity contribution in [3.05, 3.63) is 23.9 Å². The van der Waals surface area contributed by atoms with E-state index in [-0.39, 0.29) is 5.69 Å². The monoisotopic (exact) mass is 336 g/mol. The summed E-state index contributed by atoms with van der Waals surface area (Å²) in [6.07, 6.45) is 0. The van der Waals surface area contributed by atoms with Gasteiger partial charge in [-0.3, -0.25) is 4.68 Å². The number of carboxylic acid groups (broad SMARTS) is 1. The van der Waals surface area contributed by atoms with Crippen molar-refractivity contribution in [1.82, 2.24) is 9.78 Å². The molecule has 1 aromatic heterocycles. The second kappa shape index (κ2) is 6.95. The summed E-state index contributed by atoms with van der Waals surface area (Å²) in [6, 6.07) is 5.36. The zero-order valence-electron chi connectivity index (χ0n) is 13.8. The lowest BCUT2D eigenvalue weighted by Gasteiger charge is -2.16. The van der Waals surface area contributed by atoms with E-state index in [0.29, 0.717) is 28.0 Å². The van der Waals surface area contributed by atoms with Crippen LogP contribution in [0.5, 0.6) is 11.5 Å². The maximum atomic E-state index is 11.1. The highest BCUT2D eigenvalue weighted by molar-refractivity contribution is 7.99. The van der Waals surface area contributed by atoms with Gasteiger partial charge in [-0.15, -0.1) is 11.8 Å². The van der Waals surface area contributed by atoms with Crippen molar-refractivity contribution >= 4 is 17.7 Å². The Morgan fingerprint density at radius 2 is 1.78 bits per heavy atom. The van der Waals surface area contributed by atoms with E-state index in [9.17, 15) is 4.79 Å². The summed E-state index contributed by atoms with van der Waals surface area (Å²) in [5, 5.41) is 13.6. The number of carboxylic acids is 1. The lowest BCUT2D eigenvalue weighted by atomic mass is 10.1. The minimum Gasteiger partial charge on any atom is -0.496 e. The SMILES string of the molecule is COc1cc(SC(C)C)cc(OC)c1-c1cc(C(=O)O)nn1C. The van der Waals surface area contributed by atoms with E-state index in [2.05, 4.69) is 18.9 Å². The summed E-state index contributed by atoms with van der Waals surface area (Å²) >= 11 is 1.70. The zero-order chi connectivity index (χ0) is 17.1. The number of ether oxygens (including phenoxy) is 2. The number of nitrogens with zero attached hydrogens (tertiary/aromatic N) is 2. The van der Waals surface area contributed by atoms with Crippen LogP contribution in [0.1, 0.15) is 24.3 Å². The molecule has 23 heavy (non-hydrogen) atoms. The van der Waals surface area contributed by atoms with Crippen molar-refractivity contribution in [3.8, 4) is 22.8 Å². The number of hydrogen-bond acceptors (Lipinski definition) is 5. The first-order chi connectivity index (χ1) is 10.9. The highest BCUT2D eigenvalue weighted by Crippen LogP contribution is 2.42. The zero-order valence-corrected chi connectivity index (χ0v) is 14.6. The van der Waals surface area contributed by atoms with Gasteiger partial charge in [-0.25, -0.2) is 4.79 Å². The van der Waals surface area contributed by atoms with Gasteiger partial charge in [0.25, 0.3) is 0 Å². The first kappa shape index (κ1) is 17.2. The van der Waals surface area contributed by atoms with Crippen LogP contribution in [0.15, 0.2) is 23.1 Å². The predicted octanol–water partition coefficient (Wildman–Crippen LogP) is 3.30. The second-order valence-electron chi connectivity index (χ2n) is 5.21. The minimum absolute atomic E-state index is 0.0211. The molecule has 1 N–H and O–H groups in total. The minimum atomic E-state index is -1.07. The quantitative estimate of drug-likeness (QED) is 0.816. The number of aryl methyl sites for hydroxylation is 1. The summed E-state index contributed by atoms with van der Waals surface area (Å²) in [4.78, 5) is 12.2. The van der Waals surface area contributed by atoms with Crippen molar-refractivity contribution in [2.24, 2.45) is 7.05 Å². The molecule has 124 valence electrons. The van der Waals surface area contributed by atoms with E-state index in [4.69, 9.17) is 14.6 Å². The summed E-state index contributed by atoms with van der Waals surface area (Å²) in [5.74, 6) is 0.164. The van der Waals surface area contributed by atoms with Gasteiger partial charge in [-0.2, -0.15) is 5.10 Å². The van der Waals surface area contributed by atoms with E-state index < -0.39 is 5.97 Å². The van der Waals surface area contributed by atoms with Gasteiger partial charge in [-0.1, -0.05) is 13.8 Å². The van der Waals surface area contributed by atoms with E-state index in [1.165, 1.54) is 10.7 Å². The molecule has 0 unspecified atom stereocenters. The number of aromatic carboxylic acids is 1. The van der Waals surface area contributed by atoms with Crippen LogP contribution < -0.4 is 9.47 Å². The maximum absolute atomic E-state index is 11.1. The molecular weight excluding hydrogens is 316 g/mol. The Bertz CT molecular complexity index is 700. The van der Waals surface area contributed by atoms with Crippen LogP contribution in [0.4, 0.5) is 0 Å². The molecule has 0 saturated heterocycles. The largest absolute Gasteiger partial charge is 0.496 e. The van der Waals surface area contributed by atoms with Crippen molar-refractivity contribution < 1.29 is 19.4 Å². The van der Waals surface area contributed by atoms with Gasteiger partial charge in [0, 0.05) is 17.2 Å². The summed E-state index contributed by atoms with van der Waals surface area (Å²) in [6.45, 7) is 4.22. The molecule has 2 rings (SSSR count). The Hall–Kier alpha value is -2.15. The first-order valence-electron chi connectivity index (χ1n) is 7.07. The molecule has 1 heterocycles. The fraction of sp³-hybridized carbons (Fsp3) is 0.375. The topological polar surface area (TPSA) is 73.6 Å². The van der Waals surface area contributed by atoms with Crippen LogP contribution in [0, 0.1) is 0 Å². The molecule has 2 aromatic rings. The summed E-state index contributed by atoms with van der Waals surface area (Å²) in [7, 11) is 4.85. The molecule has 0 atom stereocenters. The fourth-order valence-corrected chi connectivity index (χ4v) is 3.18. The van der Waals surface area contributed by atoms with E-state index in [0.717, 1.165) is 4.90 Å². The van der Waals surface area contributed by atoms with Crippen molar-refractivity contribution in [2.45, 2.75) is 24.0 Å². The van der Waals surface area contributed by atoms with Gasteiger partial charge in [-0.05, 0) is 18.2 Å². The molecule has 0 saturated carbocycles. The number of methoxy groups -OCH3 is 2. The third-order valence-corrected chi connectivity index (χ3v) is 4.19. The van der Waals surface area contributed by atoms with Gasteiger partial charge in [0.05, 0.1) is 25.5 Å². The normalized spacial score (nSPS) is 10.9. The summed E-state index contributed by atoms with van der Waals surface area (Å²) < 4.78 is 12.5. The summed E-state index contributed by atoms with van der Waals surface area (Å²) in [5.41, 5.74) is 1.29. The molecule has 6 nitrogen and oxygen atoms in total. The Balaban J connectivity index is 2.63. The standard InChI is InChI=1S/C16H20N2O4S/c1-9(2)23-10-6-13(21-4)15(14(7-10)22-5)12-8-11(16(19)20)17-18(12)3/h6-9H,1-5H3,(H,19,20). The average Bonchev–Trinajstić information content (AvgIpc) is 2.87. The van der Waals surface area contributed by atoms with Crippen molar-refractivity contribution in [2.75, 3.05) is 14.2 Å². The highest BCUT2D eigenvalue weighted by atomic mass is 32.2. The van der Waals surface area contributed by atoms with Crippen LogP contribution in [0.25, 0.3) is 11.3 Å².